The van der Waals surface area contributed by atoms with Gasteiger partial charge in [-0.1, -0.05) is 0 Å². The summed E-state index contributed by atoms with van der Waals surface area (Å²) in [6.45, 7) is 6.16. The van der Waals surface area contributed by atoms with Crippen molar-refractivity contribution in [1.29, 1.82) is 0 Å². The third kappa shape index (κ3) is 9.67. The van der Waals surface area contributed by atoms with Crippen molar-refractivity contribution in [3.8, 4) is 0 Å². The zero-order valence-corrected chi connectivity index (χ0v) is 22.8. The summed E-state index contributed by atoms with van der Waals surface area (Å²) in [5, 5.41) is 0. The molecular formula is C28H44O2Sn. The third-order valence-corrected chi connectivity index (χ3v) is 15.6. The zero-order valence-electron chi connectivity index (χ0n) is 20.0. The van der Waals surface area contributed by atoms with Crippen molar-refractivity contribution in [2.75, 3.05) is 13.2 Å². The Morgan fingerprint density at radius 1 is 0.484 bits per heavy atom. The van der Waals surface area contributed by atoms with Crippen LogP contribution in [0.1, 0.15) is 90.9 Å². The molecule has 0 heterocycles. The van der Waals surface area contributed by atoms with Crippen LogP contribution in [0.3, 0.4) is 0 Å². The Morgan fingerprint density at radius 3 is 1.23 bits per heavy atom. The SMILES string of the molecule is CCCCCCCC[O][Sn]([O]CCCCCCCC)([c]1ccccc1)[c]1ccccc1. The van der Waals surface area contributed by atoms with E-state index in [1.807, 2.05) is 0 Å². The van der Waals surface area contributed by atoms with Crippen LogP contribution >= 0.6 is 0 Å². The van der Waals surface area contributed by atoms with Crippen LogP contribution in [0.15, 0.2) is 60.7 Å². The fourth-order valence-electron chi connectivity index (χ4n) is 4.05. The van der Waals surface area contributed by atoms with Gasteiger partial charge in [0.1, 0.15) is 0 Å². The molecular weight excluding hydrogens is 487 g/mol. The molecule has 0 N–H and O–H groups in total. The van der Waals surface area contributed by atoms with E-state index >= 15 is 0 Å². The molecule has 0 saturated carbocycles. The Kier molecular flexibility index (Phi) is 14.3. The zero-order chi connectivity index (χ0) is 22.0. The molecule has 2 aromatic carbocycles. The molecule has 2 rings (SSSR count). The minimum atomic E-state index is -3.66. The Labute approximate surface area is 196 Å². The van der Waals surface area contributed by atoms with Crippen molar-refractivity contribution in [2.45, 2.75) is 90.9 Å². The van der Waals surface area contributed by atoms with Crippen LogP contribution in [-0.4, -0.2) is 32.4 Å². The minimum absolute atomic E-state index is 0.808. The van der Waals surface area contributed by atoms with E-state index in [1.165, 1.54) is 71.4 Å². The molecule has 0 fully saturated rings. The topological polar surface area (TPSA) is 18.5 Å². The summed E-state index contributed by atoms with van der Waals surface area (Å²) < 4.78 is 16.3. The second kappa shape index (κ2) is 16.7. The molecule has 0 atom stereocenters. The van der Waals surface area contributed by atoms with E-state index in [0.29, 0.717) is 0 Å². The summed E-state index contributed by atoms with van der Waals surface area (Å²) in [5.74, 6) is 0. The van der Waals surface area contributed by atoms with Gasteiger partial charge in [-0.15, -0.1) is 0 Å². The molecule has 0 aliphatic carbocycles. The first-order valence-corrected chi connectivity index (χ1v) is 17.9. The van der Waals surface area contributed by atoms with Crippen LogP contribution in [0.4, 0.5) is 0 Å². The molecule has 0 aliphatic heterocycles. The van der Waals surface area contributed by atoms with Gasteiger partial charge in [-0.05, 0) is 0 Å². The van der Waals surface area contributed by atoms with Gasteiger partial charge in [-0.25, -0.2) is 0 Å². The Hall–Kier alpha value is -0.841. The van der Waals surface area contributed by atoms with E-state index < -0.39 is 19.2 Å². The van der Waals surface area contributed by atoms with E-state index in [9.17, 15) is 0 Å². The molecule has 0 radical (unpaired) electrons. The molecule has 0 aromatic heterocycles. The Morgan fingerprint density at radius 2 is 0.839 bits per heavy atom. The van der Waals surface area contributed by atoms with Crippen molar-refractivity contribution in [1.82, 2.24) is 0 Å². The van der Waals surface area contributed by atoms with E-state index in [2.05, 4.69) is 74.5 Å². The molecule has 2 nitrogen and oxygen atoms in total. The van der Waals surface area contributed by atoms with E-state index in [4.69, 9.17) is 6.15 Å². The van der Waals surface area contributed by atoms with Crippen LogP contribution in [0.5, 0.6) is 0 Å². The van der Waals surface area contributed by atoms with E-state index in [-0.39, 0.29) is 0 Å². The summed E-state index contributed by atoms with van der Waals surface area (Å²) in [7, 11) is 0. The molecule has 0 unspecified atom stereocenters. The fraction of sp³-hybridized carbons (Fsp3) is 0.571. The number of rotatable bonds is 18. The van der Waals surface area contributed by atoms with Crippen LogP contribution < -0.4 is 7.16 Å². The van der Waals surface area contributed by atoms with Crippen LogP contribution in [0.2, 0.25) is 0 Å². The quantitative estimate of drug-likeness (QED) is 0.152. The van der Waals surface area contributed by atoms with Crippen molar-refractivity contribution < 1.29 is 6.15 Å². The summed E-state index contributed by atoms with van der Waals surface area (Å²) in [4.78, 5) is 0. The average Bonchev–Trinajstić information content (AvgIpc) is 2.83. The van der Waals surface area contributed by atoms with Gasteiger partial charge >= 0.3 is 197 Å². The number of hydrogen-bond donors (Lipinski definition) is 0. The predicted octanol–water partition coefficient (Wildman–Crippen LogP) is 7.00. The van der Waals surface area contributed by atoms with Crippen LogP contribution in [-0.2, 0) is 6.15 Å². The number of benzene rings is 2. The van der Waals surface area contributed by atoms with Crippen LogP contribution in [0, 0.1) is 0 Å². The molecule has 0 spiro atoms. The normalized spacial score (nSPS) is 11.7. The van der Waals surface area contributed by atoms with Gasteiger partial charge in [0.05, 0.1) is 0 Å². The molecule has 172 valence electrons. The molecule has 0 bridgehead atoms. The van der Waals surface area contributed by atoms with E-state index in [0.717, 1.165) is 26.1 Å². The van der Waals surface area contributed by atoms with Gasteiger partial charge in [-0.2, -0.15) is 0 Å². The predicted molar refractivity (Wildman–Crippen MR) is 137 cm³/mol. The maximum absolute atomic E-state index is 6.84. The fourth-order valence-corrected chi connectivity index (χ4v) is 13.2. The van der Waals surface area contributed by atoms with Gasteiger partial charge in [0, 0.05) is 0 Å². The van der Waals surface area contributed by atoms with Crippen molar-refractivity contribution in [2.24, 2.45) is 0 Å². The van der Waals surface area contributed by atoms with Crippen molar-refractivity contribution >= 4 is 26.4 Å². The first kappa shape index (κ1) is 26.4. The van der Waals surface area contributed by atoms with Gasteiger partial charge in [-0.3, -0.25) is 0 Å². The summed E-state index contributed by atoms with van der Waals surface area (Å²) in [6.07, 6.45) is 15.4. The maximum atomic E-state index is 6.84. The molecule has 0 saturated heterocycles. The summed E-state index contributed by atoms with van der Waals surface area (Å²) in [6, 6.07) is 21.6. The average molecular weight is 531 g/mol. The number of unbranched alkanes of at least 4 members (excludes halogenated alkanes) is 10. The van der Waals surface area contributed by atoms with Gasteiger partial charge in [0.25, 0.3) is 0 Å². The van der Waals surface area contributed by atoms with E-state index in [1.54, 1.807) is 0 Å². The molecule has 31 heavy (non-hydrogen) atoms. The van der Waals surface area contributed by atoms with Crippen molar-refractivity contribution in [3.63, 3.8) is 0 Å². The molecule has 0 aliphatic rings. The third-order valence-electron chi connectivity index (χ3n) is 5.91. The molecule has 0 amide bonds. The second-order valence-corrected chi connectivity index (χ2v) is 17.0. The summed E-state index contributed by atoms with van der Waals surface area (Å²) >= 11 is -3.66. The standard InChI is InChI=1S/2C8H17O.2C6H5.Sn/c2*1-2-3-4-5-6-7-8-9;2*1-2-4-6-5-3-1;/h2*2-8H2,1H3;2*1-5H;/q2*-1;;;+2. The molecule has 2 aromatic rings. The van der Waals surface area contributed by atoms with Gasteiger partial charge < -0.3 is 0 Å². The van der Waals surface area contributed by atoms with Crippen molar-refractivity contribution in [3.05, 3.63) is 60.7 Å². The first-order valence-electron chi connectivity index (χ1n) is 12.7. The monoisotopic (exact) mass is 532 g/mol. The first-order chi connectivity index (χ1) is 15.3. The number of hydrogen-bond acceptors (Lipinski definition) is 2. The Bertz CT molecular complexity index is 600. The second-order valence-electron chi connectivity index (χ2n) is 8.58. The van der Waals surface area contributed by atoms with Gasteiger partial charge in [0.15, 0.2) is 0 Å². The Balaban J connectivity index is 2.06. The van der Waals surface area contributed by atoms with Gasteiger partial charge in [0.2, 0.25) is 0 Å². The molecule has 3 heteroatoms. The summed E-state index contributed by atoms with van der Waals surface area (Å²) in [5.41, 5.74) is 0. The van der Waals surface area contributed by atoms with Crippen LogP contribution in [0.25, 0.3) is 0 Å².